The lowest BCUT2D eigenvalue weighted by Gasteiger charge is -2.24. The Morgan fingerprint density at radius 3 is 2.53 bits per heavy atom. The van der Waals surface area contributed by atoms with E-state index in [4.69, 9.17) is 9.47 Å². The van der Waals surface area contributed by atoms with E-state index in [-0.39, 0.29) is 16.0 Å². The first-order valence-corrected chi connectivity index (χ1v) is 12.0. The minimum atomic E-state index is -0.773. The van der Waals surface area contributed by atoms with Crippen molar-refractivity contribution in [3.8, 4) is 5.75 Å². The summed E-state index contributed by atoms with van der Waals surface area (Å²) < 4.78 is 12.1. The monoisotopic (exact) mass is 501 g/mol. The number of para-hydroxylation sites is 1. The van der Waals surface area contributed by atoms with E-state index >= 15 is 0 Å². The molecule has 1 unspecified atom stereocenters. The summed E-state index contributed by atoms with van der Waals surface area (Å²) in [6.45, 7) is 5.79. The fourth-order valence-corrected chi connectivity index (χ4v) is 5.79. The molecule has 5 rings (SSSR count). The van der Waals surface area contributed by atoms with Crippen LogP contribution in [0.2, 0.25) is 0 Å². The van der Waals surface area contributed by atoms with Gasteiger partial charge < -0.3 is 14.4 Å². The summed E-state index contributed by atoms with van der Waals surface area (Å²) in [5.74, 6) is -0.204. The highest BCUT2D eigenvalue weighted by Crippen LogP contribution is 2.35. The van der Waals surface area contributed by atoms with E-state index in [1.54, 1.807) is 49.3 Å². The van der Waals surface area contributed by atoms with Gasteiger partial charge in [-0.3, -0.25) is 14.2 Å². The predicted molar refractivity (Wildman–Crippen MR) is 137 cm³/mol. The third kappa shape index (κ3) is 3.51. The fraction of sp³-hybridized carbons (Fsp3) is 0.185. The number of ether oxygens (including phenoxy) is 2. The summed E-state index contributed by atoms with van der Waals surface area (Å²) in [5.41, 5.74) is 2.73. The Morgan fingerprint density at radius 2 is 1.86 bits per heavy atom. The molecule has 2 aliphatic rings. The fourth-order valence-electron chi connectivity index (χ4n) is 4.65. The van der Waals surface area contributed by atoms with Crippen molar-refractivity contribution < 1.29 is 19.1 Å². The lowest BCUT2D eigenvalue weighted by Crippen LogP contribution is -2.40. The minimum Gasteiger partial charge on any atom is -0.497 e. The molecule has 1 atom stereocenters. The molecule has 0 bridgehead atoms. The summed E-state index contributed by atoms with van der Waals surface area (Å²) in [6, 6.07) is 13.7. The summed E-state index contributed by atoms with van der Waals surface area (Å²) in [5, 5.41) is 0. The van der Waals surface area contributed by atoms with Crippen LogP contribution in [-0.2, 0) is 14.3 Å². The standard InChI is InChI=1S/C27H23N3O5S/c1-5-14-29-19-9-7-6-8-18(19)21(24(29)31)23-25(32)30-22(16-10-12-17(34-3)13-11-16)20(26(33)35-4)15(2)28-27(30)36-23/h5-13,22H,1,14H2,2-4H3. The van der Waals surface area contributed by atoms with E-state index in [0.29, 0.717) is 39.5 Å². The van der Waals surface area contributed by atoms with Crippen LogP contribution in [0.4, 0.5) is 5.69 Å². The van der Waals surface area contributed by atoms with Crippen molar-refractivity contribution in [3.05, 3.63) is 103 Å². The number of hydrogen-bond donors (Lipinski definition) is 0. The Bertz CT molecular complexity index is 1630. The molecule has 0 spiro atoms. The molecule has 0 fully saturated rings. The average molecular weight is 502 g/mol. The Morgan fingerprint density at radius 1 is 1.14 bits per heavy atom. The van der Waals surface area contributed by atoms with Gasteiger partial charge in [0.05, 0.1) is 42.8 Å². The normalized spacial score (nSPS) is 17.9. The lowest BCUT2D eigenvalue weighted by molar-refractivity contribution is -0.136. The second-order valence-electron chi connectivity index (χ2n) is 8.26. The zero-order valence-electron chi connectivity index (χ0n) is 20.0. The molecule has 1 aromatic heterocycles. The van der Waals surface area contributed by atoms with E-state index < -0.39 is 17.6 Å². The first kappa shape index (κ1) is 23.5. The van der Waals surface area contributed by atoms with Gasteiger partial charge in [0.15, 0.2) is 4.80 Å². The topological polar surface area (TPSA) is 90.2 Å². The highest BCUT2D eigenvalue weighted by Gasteiger charge is 2.36. The third-order valence-corrected chi connectivity index (χ3v) is 7.35. The van der Waals surface area contributed by atoms with Crippen LogP contribution in [0.5, 0.6) is 5.75 Å². The molecule has 0 N–H and O–H groups in total. The van der Waals surface area contributed by atoms with E-state index in [9.17, 15) is 14.4 Å². The number of nitrogens with zero attached hydrogens (tertiary/aromatic N) is 3. The first-order chi connectivity index (χ1) is 17.4. The van der Waals surface area contributed by atoms with Crippen LogP contribution in [0.25, 0.3) is 5.57 Å². The molecule has 0 radical (unpaired) electrons. The average Bonchev–Trinajstić information content (AvgIpc) is 3.35. The highest BCUT2D eigenvalue weighted by molar-refractivity contribution is 7.07. The maximum Gasteiger partial charge on any atom is 0.338 e. The number of thiazole rings is 1. The van der Waals surface area contributed by atoms with Crippen molar-refractivity contribution in [2.24, 2.45) is 4.99 Å². The van der Waals surface area contributed by atoms with Gasteiger partial charge in [-0.15, -0.1) is 6.58 Å². The number of carbonyl (C=O) groups is 2. The molecule has 0 aliphatic carbocycles. The second-order valence-corrected chi connectivity index (χ2v) is 9.24. The second kappa shape index (κ2) is 9.09. The Hall–Kier alpha value is -4.24. The Kier molecular flexibility index (Phi) is 5.93. The van der Waals surface area contributed by atoms with Gasteiger partial charge >= 0.3 is 5.97 Å². The van der Waals surface area contributed by atoms with Gasteiger partial charge in [0, 0.05) is 12.1 Å². The Balaban J connectivity index is 1.81. The first-order valence-electron chi connectivity index (χ1n) is 11.2. The molecule has 2 aromatic carbocycles. The van der Waals surface area contributed by atoms with Crippen LogP contribution in [0, 0.1) is 0 Å². The highest BCUT2D eigenvalue weighted by atomic mass is 32.1. The number of esters is 1. The number of allylic oxidation sites excluding steroid dienone is 1. The van der Waals surface area contributed by atoms with E-state index in [1.165, 1.54) is 11.7 Å². The van der Waals surface area contributed by atoms with Crippen LogP contribution in [0.15, 0.2) is 82.2 Å². The van der Waals surface area contributed by atoms with E-state index in [2.05, 4.69) is 11.6 Å². The van der Waals surface area contributed by atoms with Crippen molar-refractivity contribution in [1.29, 1.82) is 0 Å². The maximum atomic E-state index is 14.0. The van der Waals surface area contributed by atoms with Crippen molar-refractivity contribution in [2.45, 2.75) is 13.0 Å². The van der Waals surface area contributed by atoms with E-state index in [1.807, 2.05) is 24.3 Å². The van der Waals surface area contributed by atoms with Crippen molar-refractivity contribution in [3.63, 3.8) is 0 Å². The van der Waals surface area contributed by atoms with Gasteiger partial charge in [-0.1, -0.05) is 47.7 Å². The third-order valence-electron chi connectivity index (χ3n) is 6.30. The number of fused-ring (bicyclic) bond motifs is 2. The number of amides is 1. The molecule has 3 aromatic rings. The van der Waals surface area contributed by atoms with Crippen LogP contribution >= 0.6 is 11.3 Å². The molecular formula is C27H23N3O5S. The van der Waals surface area contributed by atoms with Crippen molar-refractivity contribution in [2.75, 3.05) is 25.7 Å². The predicted octanol–water partition coefficient (Wildman–Crippen LogP) is 2.32. The van der Waals surface area contributed by atoms with Crippen LogP contribution in [-0.4, -0.2) is 37.2 Å². The molecule has 3 heterocycles. The van der Waals surface area contributed by atoms with E-state index in [0.717, 1.165) is 17.0 Å². The molecule has 9 heteroatoms. The van der Waals surface area contributed by atoms with Crippen LogP contribution in [0.1, 0.15) is 24.1 Å². The zero-order valence-corrected chi connectivity index (χ0v) is 20.8. The zero-order chi connectivity index (χ0) is 25.6. The number of aromatic nitrogens is 1. The maximum absolute atomic E-state index is 14.0. The summed E-state index contributed by atoms with van der Waals surface area (Å²) >= 11 is 1.14. The number of methoxy groups -OCH3 is 2. The number of rotatable bonds is 5. The summed E-state index contributed by atoms with van der Waals surface area (Å²) in [7, 11) is 2.86. The number of hydrogen-bond acceptors (Lipinski definition) is 7. The SMILES string of the molecule is C=CCN1C(=O)C(=c2sc3n(c2=O)C(c2ccc(OC)cc2)C(C(=O)OC)=C(C)N=3)c2ccccc21. The number of anilines is 1. The van der Waals surface area contributed by atoms with Gasteiger partial charge in [-0.25, -0.2) is 9.79 Å². The van der Waals surface area contributed by atoms with Gasteiger partial charge in [0.2, 0.25) is 0 Å². The van der Waals surface area contributed by atoms with Gasteiger partial charge in [-0.2, -0.15) is 0 Å². The van der Waals surface area contributed by atoms with Gasteiger partial charge in [0.25, 0.3) is 11.5 Å². The quantitative estimate of drug-likeness (QED) is 0.395. The molecular weight excluding hydrogens is 478 g/mol. The van der Waals surface area contributed by atoms with Crippen LogP contribution in [0.3, 0.4) is 0 Å². The largest absolute Gasteiger partial charge is 0.497 e. The Labute approximate surface area is 210 Å². The molecule has 36 heavy (non-hydrogen) atoms. The molecule has 2 aliphatic heterocycles. The number of carbonyl (C=O) groups excluding carboxylic acids is 2. The molecule has 0 saturated carbocycles. The van der Waals surface area contributed by atoms with Gasteiger partial charge in [0.1, 0.15) is 10.3 Å². The summed E-state index contributed by atoms with van der Waals surface area (Å²) in [6.07, 6.45) is 1.65. The molecule has 8 nitrogen and oxygen atoms in total. The van der Waals surface area contributed by atoms with Crippen molar-refractivity contribution >= 4 is 34.5 Å². The minimum absolute atomic E-state index is 0.262. The number of benzene rings is 2. The smallest absolute Gasteiger partial charge is 0.338 e. The molecule has 0 saturated heterocycles. The summed E-state index contributed by atoms with van der Waals surface area (Å²) in [4.78, 5) is 46.9. The van der Waals surface area contributed by atoms with Crippen LogP contribution < -0.4 is 24.5 Å². The van der Waals surface area contributed by atoms with Crippen molar-refractivity contribution in [1.82, 2.24) is 4.57 Å². The molecule has 182 valence electrons. The lowest BCUT2D eigenvalue weighted by atomic mass is 9.96. The van der Waals surface area contributed by atoms with Gasteiger partial charge in [-0.05, 0) is 30.7 Å². The molecule has 1 amide bonds.